The summed E-state index contributed by atoms with van der Waals surface area (Å²) in [4.78, 5) is 24.1. The lowest BCUT2D eigenvalue weighted by molar-refractivity contribution is -0.385. The number of Topliss-reactive ketones (excluding diaryl/α,β-unsaturated/α-hetero) is 1. The van der Waals surface area contributed by atoms with Crippen LogP contribution >= 0.6 is 0 Å². The van der Waals surface area contributed by atoms with Gasteiger partial charge in [0.2, 0.25) is 0 Å². The smallest absolute Gasteiger partial charge is 0.280 e. The van der Waals surface area contributed by atoms with Crippen LogP contribution in [-0.2, 0) is 0 Å². The van der Waals surface area contributed by atoms with E-state index in [0.29, 0.717) is 13.0 Å². The molecule has 1 unspecified atom stereocenters. The molecule has 1 aromatic carbocycles. The predicted molar refractivity (Wildman–Crippen MR) is 79.8 cm³/mol. The Bertz CT molecular complexity index is 569. The Labute approximate surface area is 123 Å². The number of carbonyl (C=O) groups is 1. The Balaban J connectivity index is 2.30. The first-order valence-electron chi connectivity index (χ1n) is 7.07. The standard InChI is InChI=1S/C15H20N2O4/c1-11(18)13-10-12(4-5-14(13)17(20)21)16-8-3-6-15(2,19)7-9-16/h4-5,10,19H,3,6-9H2,1-2H3. The molecule has 0 saturated carbocycles. The summed E-state index contributed by atoms with van der Waals surface area (Å²) >= 11 is 0. The summed E-state index contributed by atoms with van der Waals surface area (Å²) in [5, 5.41) is 21.1. The highest BCUT2D eigenvalue weighted by Gasteiger charge is 2.26. The molecule has 114 valence electrons. The largest absolute Gasteiger partial charge is 0.390 e. The number of nitrogens with zero attached hydrogens (tertiary/aromatic N) is 2. The molecule has 1 N–H and O–H groups in total. The quantitative estimate of drug-likeness (QED) is 0.526. The van der Waals surface area contributed by atoms with E-state index in [9.17, 15) is 20.0 Å². The average molecular weight is 292 g/mol. The maximum Gasteiger partial charge on any atom is 0.280 e. The molecule has 1 atom stereocenters. The van der Waals surface area contributed by atoms with Crippen molar-refractivity contribution in [1.29, 1.82) is 0 Å². The van der Waals surface area contributed by atoms with Crippen molar-refractivity contribution in [3.8, 4) is 0 Å². The fraction of sp³-hybridized carbons (Fsp3) is 0.533. The van der Waals surface area contributed by atoms with Gasteiger partial charge in [0.1, 0.15) is 0 Å². The molecule has 1 saturated heterocycles. The van der Waals surface area contributed by atoms with E-state index in [1.807, 2.05) is 6.92 Å². The average Bonchev–Trinajstić information content (AvgIpc) is 2.59. The van der Waals surface area contributed by atoms with Crippen molar-refractivity contribution in [3.63, 3.8) is 0 Å². The number of anilines is 1. The van der Waals surface area contributed by atoms with Crippen molar-refractivity contribution in [1.82, 2.24) is 0 Å². The summed E-state index contributed by atoms with van der Waals surface area (Å²) in [5.74, 6) is -0.314. The van der Waals surface area contributed by atoms with Crippen LogP contribution in [0.4, 0.5) is 11.4 Å². The number of carbonyl (C=O) groups excluding carboxylic acids is 1. The van der Waals surface area contributed by atoms with Crippen molar-refractivity contribution in [3.05, 3.63) is 33.9 Å². The van der Waals surface area contributed by atoms with Gasteiger partial charge in [-0.15, -0.1) is 0 Å². The molecule has 1 heterocycles. The van der Waals surface area contributed by atoms with Crippen LogP contribution in [0.1, 0.15) is 43.5 Å². The molecule has 6 nitrogen and oxygen atoms in total. The summed E-state index contributed by atoms with van der Waals surface area (Å²) in [7, 11) is 0. The number of hydrogen-bond donors (Lipinski definition) is 1. The summed E-state index contributed by atoms with van der Waals surface area (Å²) in [6.07, 6.45) is 2.22. The molecule has 0 radical (unpaired) electrons. The zero-order chi connectivity index (χ0) is 15.6. The van der Waals surface area contributed by atoms with Crippen molar-refractivity contribution >= 4 is 17.2 Å². The minimum Gasteiger partial charge on any atom is -0.390 e. The molecule has 1 aromatic rings. The third kappa shape index (κ3) is 3.58. The predicted octanol–water partition coefficient (Wildman–Crippen LogP) is 2.54. The molecule has 0 spiro atoms. The van der Waals surface area contributed by atoms with E-state index >= 15 is 0 Å². The summed E-state index contributed by atoms with van der Waals surface area (Å²) < 4.78 is 0. The first kappa shape index (κ1) is 15.4. The lowest BCUT2D eigenvalue weighted by atomic mass is 9.98. The van der Waals surface area contributed by atoms with Crippen molar-refractivity contribution in [2.75, 3.05) is 18.0 Å². The van der Waals surface area contributed by atoms with Gasteiger partial charge in [-0.2, -0.15) is 0 Å². The minimum absolute atomic E-state index is 0.133. The first-order chi connectivity index (χ1) is 9.80. The molecule has 0 aliphatic carbocycles. The Morgan fingerprint density at radius 1 is 1.38 bits per heavy atom. The monoisotopic (exact) mass is 292 g/mol. The van der Waals surface area contributed by atoms with Crippen LogP contribution in [0.2, 0.25) is 0 Å². The SMILES string of the molecule is CC(=O)c1cc(N2CCCC(C)(O)CC2)ccc1[N+](=O)[O-]. The van der Waals surface area contributed by atoms with Crippen LogP contribution < -0.4 is 4.90 Å². The molecule has 0 amide bonds. The highest BCUT2D eigenvalue weighted by atomic mass is 16.6. The van der Waals surface area contributed by atoms with E-state index in [0.717, 1.165) is 25.1 Å². The van der Waals surface area contributed by atoms with Crippen LogP contribution in [0, 0.1) is 10.1 Å². The normalized spacial score (nSPS) is 22.7. The van der Waals surface area contributed by atoms with Crippen molar-refractivity contribution in [2.45, 2.75) is 38.7 Å². The minimum atomic E-state index is -0.668. The number of nitro groups is 1. The van der Waals surface area contributed by atoms with Crippen LogP contribution in [0.25, 0.3) is 0 Å². The van der Waals surface area contributed by atoms with Gasteiger partial charge in [-0.3, -0.25) is 14.9 Å². The summed E-state index contributed by atoms with van der Waals surface area (Å²) in [5.41, 5.74) is 0.101. The van der Waals surface area contributed by atoms with Gasteiger partial charge < -0.3 is 10.0 Å². The highest BCUT2D eigenvalue weighted by Crippen LogP contribution is 2.29. The fourth-order valence-electron chi connectivity index (χ4n) is 2.68. The van der Waals surface area contributed by atoms with Gasteiger partial charge >= 0.3 is 0 Å². The second-order valence-electron chi connectivity index (χ2n) is 5.85. The maximum absolute atomic E-state index is 11.6. The molecule has 0 aromatic heterocycles. The lowest BCUT2D eigenvalue weighted by Crippen LogP contribution is -2.28. The van der Waals surface area contributed by atoms with E-state index in [1.54, 1.807) is 12.1 Å². The molecule has 6 heteroatoms. The molecule has 1 aliphatic heterocycles. The zero-order valence-corrected chi connectivity index (χ0v) is 12.3. The van der Waals surface area contributed by atoms with E-state index in [4.69, 9.17) is 0 Å². The van der Waals surface area contributed by atoms with Gasteiger partial charge in [0.05, 0.1) is 16.1 Å². The van der Waals surface area contributed by atoms with Crippen LogP contribution in [0.5, 0.6) is 0 Å². The maximum atomic E-state index is 11.6. The number of ketones is 1. The molecule has 2 rings (SSSR count). The Morgan fingerprint density at radius 2 is 2.10 bits per heavy atom. The summed E-state index contributed by atoms with van der Waals surface area (Å²) in [6, 6.07) is 4.64. The van der Waals surface area contributed by atoms with E-state index in [1.165, 1.54) is 13.0 Å². The second kappa shape index (κ2) is 5.81. The number of nitro benzene ring substituents is 1. The van der Waals surface area contributed by atoms with Crippen LogP contribution in [0.15, 0.2) is 18.2 Å². The van der Waals surface area contributed by atoms with Crippen LogP contribution in [-0.4, -0.2) is 34.5 Å². The number of aliphatic hydroxyl groups is 1. The third-order valence-electron chi connectivity index (χ3n) is 3.98. The van der Waals surface area contributed by atoms with Gasteiger partial charge in [-0.25, -0.2) is 0 Å². The molecular weight excluding hydrogens is 272 g/mol. The van der Waals surface area contributed by atoms with Gasteiger partial charge in [-0.05, 0) is 45.2 Å². The molecular formula is C15H20N2O4. The van der Waals surface area contributed by atoms with Gasteiger partial charge in [0, 0.05) is 24.8 Å². The van der Waals surface area contributed by atoms with Crippen molar-refractivity contribution < 1.29 is 14.8 Å². The third-order valence-corrected chi connectivity index (χ3v) is 3.98. The van der Waals surface area contributed by atoms with E-state index in [2.05, 4.69) is 4.90 Å². The molecule has 1 fully saturated rings. The fourth-order valence-corrected chi connectivity index (χ4v) is 2.68. The van der Waals surface area contributed by atoms with Gasteiger partial charge in [-0.1, -0.05) is 0 Å². The van der Waals surface area contributed by atoms with Crippen LogP contribution in [0.3, 0.4) is 0 Å². The second-order valence-corrected chi connectivity index (χ2v) is 5.85. The first-order valence-corrected chi connectivity index (χ1v) is 7.07. The Kier molecular flexibility index (Phi) is 4.27. The molecule has 1 aliphatic rings. The molecule has 0 bridgehead atoms. The number of benzene rings is 1. The van der Waals surface area contributed by atoms with E-state index < -0.39 is 10.5 Å². The van der Waals surface area contributed by atoms with Crippen molar-refractivity contribution in [2.24, 2.45) is 0 Å². The molecule has 21 heavy (non-hydrogen) atoms. The summed E-state index contributed by atoms with van der Waals surface area (Å²) in [6.45, 7) is 4.60. The Morgan fingerprint density at radius 3 is 2.71 bits per heavy atom. The number of hydrogen-bond acceptors (Lipinski definition) is 5. The topological polar surface area (TPSA) is 83.7 Å². The van der Waals surface area contributed by atoms with Gasteiger partial charge in [0.25, 0.3) is 5.69 Å². The highest BCUT2D eigenvalue weighted by molar-refractivity contribution is 5.99. The lowest BCUT2D eigenvalue weighted by Gasteiger charge is -2.24. The Hall–Kier alpha value is -1.95. The van der Waals surface area contributed by atoms with E-state index in [-0.39, 0.29) is 17.0 Å². The van der Waals surface area contributed by atoms with Gasteiger partial charge in [0.15, 0.2) is 5.78 Å². The zero-order valence-electron chi connectivity index (χ0n) is 12.3. The number of rotatable bonds is 3.